The van der Waals surface area contributed by atoms with Crippen LogP contribution in [0, 0.1) is 11.3 Å². The molecule has 2 aromatic rings. The number of hydrogen-bond donors (Lipinski definition) is 1. The highest BCUT2D eigenvalue weighted by Crippen LogP contribution is 2.22. The van der Waals surface area contributed by atoms with Gasteiger partial charge in [0.05, 0.1) is 32.2 Å². The molecule has 2 heterocycles. The van der Waals surface area contributed by atoms with Gasteiger partial charge in [0.15, 0.2) is 0 Å². The zero-order valence-electron chi connectivity index (χ0n) is 19.3. The lowest BCUT2D eigenvalue weighted by Crippen LogP contribution is -2.38. The van der Waals surface area contributed by atoms with Gasteiger partial charge in [0.25, 0.3) is 5.91 Å². The van der Waals surface area contributed by atoms with Gasteiger partial charge in [0.2, 0.25) is 5.96 Å². The van der Waals surface area contributed by atoms with E-state index in [-0.39, 0.29) is 24.3 Å². The second-order valence-electron chi connectivity index (χ2n) is 8.32. The molecule has 8 nitrogen and oxygen atoms in total. The molecule has 0 aliphatic carbocycles. The zero-order chi connectivity index (χ0) is 23.8. The summed E-state index contributed by atoms with van der Waals surface area (Å²) in [7, 11) is 1.65. The van der Waals surface area contributed by atoms with Gasteiger partial charge in [-0.3, -0.25) is 9.79 Å². The van der Waals surface area contributed by atoms with E-state index in [0.717, 1.165) is 36.4 Å². The number of amides is 1. The van der Waals surface area contributed by atoms with Crippen LogP contribution in [0.15, 0.2) is 58.5 Å². The number of nitriles is 1. The second-order valence-corrected chi connectivity index (χ2v) is 8.32. The third-order valence-corrected chi connectivity index (χ3v) is 5.95. The maximum atomic E-state index is 13.2. The highest BCUT2D eigenvalue weighted by molar-refractivity contribution is 6.02. The van der Waals surface area contributed by atoms with Crippen LogP contribution in [0.25, 0.3) is 0 Å². The summed E-state index contributed by atoms with van der Waals surface area (Å²) in [5, 5.41) is 12.2. The Labute approximate surface area is 199 Å². The lowest BCUT2D eigenvalue weighted by atomic mass is 10.00. The number of nitrogens with one attached hydrogen (secondary N) is 1. The number of carbonyl (C=O) groups is 1. The molecule has 2 aliphatic rings. The maximum Gasteiger partial charge on any atom is 0.254 e. The van der Waals surface area contributed by atoms with Crippen LogP contribution < -0.4 is 10.1 Å². The molecule has 0 spiro atoms. The number of guanidine groups is 1. The van der Waals surface area contributed by atoms with Gasteiger partial charge in [0.1, 0.15) is 5.75 Å². The molecule has 2 aromatic carbocycles. The molecule has 0 radical (unpaired) electrons. The van der Waals surface area contributed by atoms with E-state index in [9.17, 15) is 4.79 Å². The number of methoxy groups -OCH3 is 1. The summed E-state index contributed by atoms with van der Waals surface area (Å²) in [6.07, 6.45) is 4.15. The zero-order valence-corrected chi connectivity index (χ0v) is 19.3. The first-order valence-electron chi connectivity index (χ1n) is 11.5. The van der Waals surface area contributed by atoms with E-state index < -0.39 is 0 Å². The third kappa shape index (κ3) is 6.00. The first-order chi connectivity index (χ1) is 16.7. The molecular weight excluding hydrogens is 430 g/mol. The summed E-state index contributed by atoms with van der Waals surface area (Å²) in [6, 6.07) is 17.3. The standard InChI is InChI=1S/C26H29N5O3/c1-33-23-10-8-19(9-11-23)21-16-28-26(29-17-21)30-22-6-2-5-20(15-22)25(32)31(13-4-12-27)18-24-7-3-14-34-24/h2,5-6,8-11,15-16,21,24H,3-4,7,13-14,17-18H2,1H3,(H,29,30). The summed E-state index contributed by atoms with van der Waals surface area (Å²) in [5.74, 6) is 1.33. The average Bonchev–Trinajstić information content (AvgIpc) is 3.40. The van der Waals surface area contributed by atoms with Crippen molar-refractivity contribution < 1.29 is 14.3 Å². The molecule has 1 amide bonds. The number of carbonyl (C=O) groups excluding carboxylic acids is 1. The van der Waals surface area contributed by atoms with Crippen molar-refractivity contribution in [3.8, 4) is 11.8 Å². The Morgan fingerprint density at radius 1 is 1.29 bits per heavy atom. The molecule has 8 heteroatoms. The molecule has 1 saturated heterocycles. The summed E-state index contributed by atoms with van der Waals surface area (Å²) >= 11 is 0. The topological polar surface area (TPSA) is 99.3 Å². The molecule has 1 N–H and O–H groups in total. The minimum absolute atomic E-state index is 0.0357. The van der Waals surface area contributed by atoms with E-state index in [1.807, 2.05) is 42.6 Å². The van der Waals surface area contributed by atoms with Crippen molar-refractivity contribution in [2.75, 3.05) is 38.7 Å². The van der Waals surface area contributed by atoms with Gasteiger partial charge in [-0.2, -0.15) is 5.26 Å². The van der Waals surface area contributed by atoms with Crippen molar-refractivity contribution in [2.45, 2.75) is 31.3 Å². The van der Waals surface area contributed by atoms with Crippen LogP contribution in [0.4, 0.5) is 5.69 Å². The molecule has 0 bridgehead atoms. The Morgan fingerprint density at radius 2 is 2.15 bits per heavy atom. The van der Waals surface area contributed by atoms with Crippen molar-refractivity contribution in [3.63, 3.8) is 0 Å². The number of rotatable bonds is 8. The van der Waals surface area contributed by atoms with Crippen LogP contribution in [0.3, 0.4) is 0 Å². The highest BCUT2D eigenvalue weighted by atomic mass is 16.5. The molecule has 2 aliphatic heterocycles. The Bertz CT molecular complexity index is 1080. The second kappa shape index (κ2) is 11.4. The molecule has 0 saturated carbocycles. The summed E-state index contributed by atoms with van der Waals surface area (Å²) in [4.78, 5) is 24.0. The Morgan fingerprint density at radius 3 is 2.82 bits per heavy atom. The van der Waals surface area contributed by atoms with E-state index in [2.05, 4.69) is 21.4 Å². The molecule has 2 atom stereocenters. The molecule has 1 fully saturated rings. The fourth-order valence-electron chi connectivity index (χ4n) is 4.08. The number of benzene rings is 2. The van der Waals surface area contributed by atoms with Crippen LogP contribution in [-0.2, 0) is 4.74 Å². The molecule has 34 heavy (non-hydrogen) atoms. The summed E-state index contributed by atoms with van der Waals surface area (Å²) < 4.78 is 10.9. The first kappa shape index (κ1) is 23.5. The van der Waals surface area contributed by atoms with E-state index in [4.69, 9.17) is 14.7 Å². The fraction of sp³-hybridized carbons (Fsp3) is 0.385. The van der Waals surface area contributed by atoms with Crippen molar-refractivity contribution >= 4 is 23.8 Å². The van der Waals surface area contributed by atoms with E-state index in [1.54, 1.807) is 24.1 Å². The molecule has 0 aromatic heterocycles. The average molecular weight is 460 g/mol. The SMILES string of the molecule is COc1ccc(C2C=NC(Nc3cccc(C(=O)N(CCC#N)CC4CCCO4)c3)=NC2)cc1. The van der Waals surface area contributed by atoms with E-state index >= 15 is 0 Å². The summed E-state index contributed by atoms with van der Waals surface area (Å²) in [6.45, 7) is 2.20. The predicted octanol–water partition coefficient (Wildman–Crippen LogP) is 3.87. The third-order valence-electron chi connectivity index (χ3n) is 5.95. The van der Waals surface area contributed by atoms with Gasteiger partial charge in [-0.05, 0) is 48.7 Å². The predicted molar refractivity (Wildman–Crippen MR) is 132 cm³/mol. The summed E-state index contributed by atoms with van der Waals surface area (Å²) in [5.41, 5.74) is 2.42. The first-order valence-corrected chi connectivity index (χ1v) is 11.5. The number of ether oxygens (including phenoxy) is 2. The Balaban J connectivity index is 1.39. The molecular formula is C26H29N5O3. The van der Waals surface area contributed by atoms with Gasteiger partial charge >= 0.3 is 0 Å². The van der Waals surface area contributed by atoms with Crippen LogP contribution in [0.5, 0.6) is 5.75 Å². The molecule has 4 rings (SSSR count). The number of nitrogens with zero attached hydrogens (tertiary/aromatic N) is 4. The largest absolute Gasteiger partial charge is 0.497 e. The van der Waals surface area contributed by atoms with Crippen LogP contribution in [-0.4, -0.2) is 62.4 Å². The van der Waals surface area contributed by atoms with Crippen LogP contribution in [0.1, 0.15) is 41.1 Å². The Kier molecular flexibility index (Phi) is 7.89. The van der Waals surface area contributed by atoms with E-state index in [0.29, 0.717) is 31.2 Å². The number of hydrogen-bond acceptors (Lipinski definition) is 7. The van der Waals surface area contributed by atoms with E-state index in [1.165, 1.54) is 0 Å². The minimum atomic E-state index is -0.108. The Hall–Kier alpha value is -3.70. The van der Waals surface area contributed by atoms with Crippen molar-refractivity contribution in [2.24, 2.45) is 9.98 Å². The van der Waals surface area contributed by atoms with Gasteiger partial charge in [-0.15, -0.1) is 0 Å². The van der Waals surface area contributed by atoms with Gasteiger partial charge in [0, 0.05) is 43.1 Å². The monoisotopic (exact) mass is 459 g/mol. The van der Waals surface area contributed by atoms with Gasteiger partial charge < -0.3 is 19.7 Å². The van der Waals surface area contributed by atoms with Crippen LogP contribution in [0.2, 0.25) is 0 Å². The number of aliphatic imine (C=N–C) groups is 2. The lowest BCUT2D eigenvalue weighted by molar-refractivity contribution is 0.0531. The molecule has 2 unspecified atom stereocenters. The number of anilines is 1. The highest BCUT2D eigenvalue weighted by Gasteiger charge is 2.23. The molecule has 176 valence electrons. The lowest BCUT2D eigenvalue weighted by Gasteiger charge is -2.25. The van der Waals surface area contributed by atoms with Gasteiger partial charge in [-0.1, -0.05) is 18.2 Å². The normalized spacial score (nSPS) is 19.2. The van der Waals surface area contributed by atoms with Crippen LogP contribution >= 0.6 is 0 Å². The van der Waals surface area contributed by atoms with Gasteiger partial charge in [-0.25, -0.2) is 4.99 Å². The maximum absolute atomic E-state index is 13.2. The fourth-order valence-corrected chi connectivity index (χ4v) is 4.08. The quantitative estimate of drug-likeness (QED) is 0.646. The minimum Gasteiger partial charge on any atom is -0.497 e. The van der Waals surface area contributed by atoms with Crippen molar-refractivity contribution in [1.29, 1.82) is 5.26 Å². The van der Waals surface area contributed by atoms with Crippen molar-refractivity contribution in [3.05, 3.63) is 59.7 Å². The van der Waals surface area contributed by atoms with Crippen molar-refractivity contribution in [1.82, 2.24) is 4.90 Å². The smallest absolute Gasteiger partial charge is 0.254 e.